The van der Waals surface area contributed by atoms with E-state index in [0.717, 1.165) is 5.69 Å². The summed E-state index contributed by atoms with van der Waals surface area (Å²) in [5, 5.41) is 6.48. The summed E-state index contributed by atoms with van der Waals surface area (Å²) in [5.41, 5.74) is 1.42. The number of nitrogens with one attached hydrogen (secondary N) is 2. The molecule has 2 N–H and O–H groups in total. The Bertz CT molecular complexity index is 895. The molecule has 9 heteroatoms. The van der Waals surface area contributed by atoms with E-state index >= 15 is 0 Å². The molecule has 3 rings (SSSR count). The molecule has 27 heavy (non-hydrogen) atoms. The maximum atomic E-state index is 12.6. The summed E-state index contributed by atoms with van der Waals surface area (Å²) in [6.07, 6.45) is 0. The Kier molecular flexibility index (Phi) is 6.27. The van der Waals surface area contributed by atoms with Crippen molar-refractivity contribution in [3.05, 3.63) is 48.5 Å². The van der Waals surface area contributed by atoms with Crippen LogP contribution in [-0.2, 0) is 14.8 Å². The molecule has 1 aliphatic heterocycles. The van der Waals surface area contributed by atoms with Gasteiger partial charge in [-0.2, -0.15) is 4.31 Å². The minimum Gasteiger partial charge on any atom is -0.495 e. The molecule has 0 bridgehead atoms. The molecule has 1 fully saturated rings. The van der Waals surface area contributed by atoms with Crippen LogP contribution in [0.5, 0.6) is 5.75 Å². The lowest BCUT2D eigenvalue weighted by Gasteiger charge is -2.26. The Morgan fingerprint density at radius 1 is 1.07 bits per heavy atom. The van der Waals surface area contributed by atoms with E-state index in [9.17, 15) is 8.42 Å². The number of nitrogens with zero attached hydrogens (tertiary/aromatic N) is 1. The summed E-state index contributed by atoms with van der Waals surface area (Å²) in [4.78, 5) is 0.249. The van der Waals surface area contributed by atoms with Crippen LogP contribution in [0.3, 0.4) is 0 Å². The molecule has 0 atom stereocenters. The van der Waals surface area contributed by atoms with Crippen LogP contribution in [0.15, 0.2) is 53.4 Å². The normalized spacial score (nSPS) is 15.1. The van der Waals surface area contributed by atoms with Crippen LogP contribution in [0.4, 0.5) is 11.4 Å². The highest BCUT2D eigenvalue weighted by Crippen LogP contribution is 2.24. The number of hydrogen-bond donors (Lipinski definition) is 2. The maximum Gasteiger partial charge on any atom is 0.243 e. The molecular weight excluding hydrogens is 386 g/mol. The second-order valence-corrected chi connectivity index (χ2v) is 8.17. The first-order valence-electron chi connectivity index (χ1n) is 8.40. The van der Waals surface area contributed by atoms with E-state index < -0.39 is 10.0 Å². The molecule has 0 aromatic heterocycles. The monoisotopic (exact) mass is 407 g/mol. The summed E-state index contributed by atoms with van der Waals surface area (Å²) in [5.74, 6) is 0.675. The zero-order valence-electron chi connectivity index (χ0n) is 14.8. The van der Waals surface area contributed by atoms with Crippen LogP contribution < -0.4 is 15.4 Å². The molecule has 144 valence electrons. The Morgan fingerprint density at radius 3 is 2.41 bits per heavy atom. The van der Waals surface area contributed by atoms with E-state index in [4.69, 9.17) is 21.7 Å². The van der Waals surface area contributed by atoms with Gasteiger partial charge in [0.2, 0.25) is 10.0 Å². The summed E-state index contributed by atoms with van der Waals surface area (Å²) >= 11 is 5.32. The Labute approximate surface area is 164 Å². The highest BCUT2D eigenvalue weighted by molar-refractivity contribution is 7.89. The molecule has 0 amide bonds. The van der Waals surface area contributed by atoms with E-state index in [0.29, 0.717) is 42.9 Å². The molecule has 0 unspecified atom stereocenters. The van der Waals surface area contributed by atoms with Gasteiger partial charge >= 0.3 is 0 Å². The molecule has 0 saturated carbocycles. The molecule has 1 saturated heterocycles. The lowest BCUT2D eigenvalue weighted by Crippen LogP contribution is -2.40. The average Bonchev–Trinajstić information content (AvgIpc) is 2.69. The third-order valence-electron chi connectivity index (χ3n) is 4.08. The number of benzene rings is 2. The number of rotatable bonds is 5. The Hall–Kier alpha value is -2.20. The molecule has 0 spiro atoms. The largest absolute Gasteiger partial charge is 0.495 e. The fraction of sp³-hybridized carbons (Fsp3) is 0.278. The van der Waals surface area contributed by atoms with Crippen LogP contribution >= 0.6 is 12.2 Å². The summed E-state index contributed by atoms with van der Waals surface area (Å²) in [6, 6.07) is 13.9. The van der Waals surface area contributed by atoms with Crippen molar-refractivity contribution >= 4 is 38.7 Å². The van der Waals surface area contributed by atoms with Crippen molar-refractivity contribution in [1.82, 2.24) is 4.31 Å². The summed E-state index contributed by atoms with van der Waals surface area (Å²) in [6.45, 7) is 1.58. The van der Waals surface area contributed by atoms with Gasteiger partial charge in [0.1, 0.15) is 5.75 Å². The van der Waals surface area contributed by atoms with Gasteiger partial charge in [0.15, 0.2) is 5.11 Å². The first-order valence-corrected chi connectivity index (χ1v) is 10.2. The van der Waals surface area contributed by atoms with Crippen LogP contribution in [0.25, 0.3) is 0 Å². The number of anilines is 2. The van der Waals surface area contributed by atoms with Crippen molar-refractivity contribution in [2.45, 2.75) is 4.90 Å². The van der Waals surface area contributed by atoms with Gasteiger partial charge in [-0.15, -0.1) is 0 Å². The molecule has 1 aliphatic rings. The minimum absolute atomic E-state index is 0.249. The molecule has 7 nitrogen and oxygen atoms in total. The predicted molar refractivity (Wildman–Crippen MR) is 109 cm³/mol. The number of para-hydroxylation sites is 2. The van der Waals surface area contributed by atoms with Crippen molar-refractivity contribution in [2.75, 3.05) is 44.0 Å². The molecule has 2 aromatic carbocycles. The first kappa shape index (κ1) is 19.6. The van der Waals surface area contributed by atoms with Crippen LogP contribution in [-0.4, -0.2) is 51.2 Å². The number of hydrogen-bond acceptors (Lipinski definition) is 5. The van der Waals surface area contributed by atoms with Crippen LogP contribution in [0.1, 0.15) is 0 Å². The van der Waals surface area contributed by atoms with Gasteiger partial charge < -0.3 is 20.1 Å². The smallest absolute Gasteiger partial charge is 0.243 e. The van der Waals surface area contributed by atoms with Gasteiger partial charge in [-0.25, -0.2) is 8.42 Å². The zero-order chi connectivity index (χ0) is 19.3. The van der Waals surface area contributed by atoms with Crippen LogP contribution in [0, 0.1) is 0 Å². The van der Waals surface area contributed by atoms with Gasteiger partial charge in [0.25, 0.3) is 0 Å². The van der Waals surface area contributed by atoms with Gasteiger partial charge in [-0.1, -0.05) is 12.1 Å². The van der Waals surface area contributed by atoms with Gasteiger partial charge in [0, 0.05) is 18.8 Å². The van der Waals surface area contributed by atoms with E-state index in [-0.39, 0.29) is 4.90 Å². The number of ether oxygens (including phenoxy) is 2. The standard InChI is InChI=1S/C18H21N3O4S2/c1-24-17-5-3-2-4-16(17)20-18(26)19-14-6-8-15(9-7-14)27(22,23)21-10-12-25-13-11-21/h2-9H,10-13H2,1H3,(H2,19,20,26). The lowest BCUT2D eigenvalue weighted by atomic mass is 10.3. The minimum atomic E-state index is -3.50. The molecule has 0 aliphatic carbocycles. The van der Waals surface area contributed by atoms with Gasteiger partial charge in [-0.3, -0.25) is 0 Å². The van der Waals surface area contributed by atoms with Crippen LogP contribution in [0.2, 0.25) is 0 Å². The predicted octanol–water partition coefficient (Wildman–Crippen LogP) is 2.53. The fourth-order valence-electron chi connectivity index (χ4n) is 2.68. The van der Waals surface area contributed by atoms with E-state index in [2.05, 4.69) is 10.6 Å². The van der Waals surface area contributed by atoms with E-state index in [1.807, 2.05) is 24.3 Å². The van der Waals surface area contributed by atoms with Crippen molar-refractivity contribution in [3.8, 4) is 5.75 Å². The quantitative estimate of drug-likeness (QED) is 0.737. The fourth-order valence-corrected chi connectivity index (χ4v) is 4.31. The lowest BCUT2D eigenvalue weighted by molar-refractivity contribution is 0.0730. The van der Waals surface area contributed by atoms with Crippen molar-refractivity contribution in [1.29, 1.82) is 0 Å². The maximum absolute atomic E-state index is 12.6. The number of thiocarbonyl (C=S) groups is 1. The van der Waals surface area contributed by atoms with Crippen molar-refractivity contribution < 1.29 is 17.9 Å². The second kappa shape index (κ2) is 8.66. The summed E-state index contributed by atoms with van der Waals surface area (Å²) in [7, 11) is -1.92. The number of morpholine rings is 1. The zero-order valence-corrected chi connectivity index (χ0v) is 16.5. The molecular formula is C18H21N3O4S2. The number of methoxy groups -OCH3 is 1. The molecule has 0 radical (unpaired) electrons. The first-order chi connectivity index (χ1) is 13.0. The van der Waals surface area contributed by atoms with E-state index in [1.165, 1.54) is 4.31 Å². The molecule has 1 heterocycles. The second-order valence-electron chi connectivity index (χ2n) is 5.82. The topological polar surface area (TPSA) is 79.9 Å². The summed E-state index contributed by atoms with van der Waals surface area (Å²) < 4.78 is 37.2. The average molecular weight is 408 g/mol. The number of sulfonamides is 1. The molecule has 2 aromatic rings. The third-order valence-corrected chi connectivity index (χ3v) is 6.19. The Balaban J connectivity index is 1.66. The van der Waals surface area contributed by atoms with Gasteiger partial charge in [-0.05, 0) is 48.6 Å². The third kappa shape index (κ3) is 4.75. The highest BCUT2D eigenvalue weighted by atomic mass is 32.2. The van der Waals surface area contributed by atoms with Crippen molar-refractivity contribution in [2.24, 2.45) is 0 Å². The van der Waals surface area contributed by atoms with Gasteiger partial charge in [0.05, 0.1) is 30.9 Å². The Morgan fingerprint density at radius 2 is 1.74 bits per heavy atom. The SMILES string of the molecule is COc1ccccc1NC(=S)Nc1ccc(S(=O)(=O)N2CCOCC2)cc1. The van der Waals surface area contributed by atoms with Crippen molar-refractivity contribution in [3.63, 3.8) is 0 Å². The van der Waals surface area contributed by atoms with E-state index in [1.54, 1.807) is 31.4 Å². The highest BCUT2D eigenvalue weighted by Gasteiger charge is 2.26.